The molecule has 0 bridgehead atoms. The number of non-ortho nitro benzene ring substituents is 1. The minimum Gasteiger partial charge on any atom is -0.466 e. The fraction of sp³-hybridized carbons (Fsp3) is 0.0909. The van der Waals surface area contributed by atoms with E-state index in [2.05, 4.69) is 4.74 Å². The maximum atomic E-state index is 10.9. The van der Waals surface area contributed by atoms with E-state index in [9.17, 15) is 14.9 Å². The fourth-order valence-corrected chi connectivity index (χ4v) is 1.13. The maximum absolute atomic E-state index is 10.9. The SMILES string of the molecule is COC(=O)C=Cc1cc(C#N)cc([N+](=O)[O-])c1. The van der Waals surface area contributed by atoms with E-state index >= 15 is 0 Å². The summed E-state index contributed by atoms with van der Waals surface area (Å²) in [6.45, 7) is 0. The van der Waals surface area contributed by atoms with Crippen LogP contribution < -0.4 is 0 Å². The molecule has 1 aromatic carbocycles. The second-order valence-corrected chi connectivity index (χ2v) is 3.04. The number of nitro groups is 1. The Kier molecular flexibility index (Phi) is 3.95. The Hall–Kier alpha value is -2.68. The van der Waals surface area contributed by atoms with Gasteiger partial charge in [0.25, 0.3) is 5.69 Å². The summed E-state index contributed by atoms with van der Waals surface area (Å²) in [5.74, 6) is -0.574. The van der Waals surface area contributed by atoms with Crippen molar-refractivity contribution in [3.05, 3.63) is 45.5 Å². The van der Waals surface area contributed by atoms with E-state index in [0.717, 1.165) is 12.1 Å². The van der Waals surface area contributed by atoms with Crippen molar-refractivity contribution in [2.75, 3.05) is 7.11 Å². The highest BCUT2D eigenvalue weighted by Gasteiger charge is 2.08. The van der Waals surface area contributed by atoms with E-state index in [1.54, 1.807) is 0 Å². The first-order chi connectivity index (χ1) is 8.06. The summed E-state index contributed by atoms with van der Waals surface area (Å²) in [6, 6.07) is 5.67. The second-order valence-electron chi connectivity index (χ2n) is 3.04. The predicted octanol–water partition coefficient (Wildman–Crippen LogP) is 1.65. The van der Waals surface area contributed by atoms with Crippen molar-refractivity contribution in [3.8, 4) is 6.07 Å². The van der Waals surface area contributed by atoms with Gasteiger partial charge in [0.2, 0.25) is 0 Å². The maximum Gasteiger partial charge on any atom is 0.330 e. The number of hydrogen-bond acceptors (Lipinski definition) is 5. The number of hydrogen-bond donors (Lipinski definition) is 0. The first-order valence-electron chi connectivity index (χ1n) is 4.52. The van der Waals surface area contributed by atoms with E-state index in [4.69, 9.17) is 5.26 Å². The molecule has 0 aromatic heterocycles. The van der Waals surface area contributed by atoms with Gasteiger partial charge in [-0.25, -0.2) is 4.79 Å². The summed E-state index contributed by atoms with van der Waals surface area (Å²) in [4.78, 5) is 20.8. The molecule has 0 amide bonds. The third-order valence-corrected chi connectivity index (χ3v) is 1.89. The van der Waals surface area contributed by atoms with Gasteiger partial charge in [-0.05, 0) is 17.7 Å². The minimum atomic E-state index is -0.601. The summed E-state index contributed by atoms with van der Waals surface area (Å²) in [7, 11) is 1.22. The quantitative estimate of drug-likeness (QED) is 0.342. The van der Waals surface area contributed by atoms with Crippen LogP contribution in [0.25, 0.3) is 6.08 Å². The molecular weight excluding hydrogens is 224 g/mol. The highest BCUT2D eigenvalue weighted by molar-refractivity contribution is 5.87. The summed E-state index contributed by atoms with van der Waals surface area (Å²) in [5, 5.41) is 19.3. The molecule has 0 aliphatic carbocycles. The first kappa shape index (κ1) is 12.4. The van der Waals surface area contributed by atoms with E-state index in [1.165, 1.54) is 25.3 Å². The predicted molar refractivity (Wildman–Crippen MR) is 58.9 cm³/mol. The molecule has 17 heavy (non-hydrogen) atoms. The van der Waals surface area contributed by atoms with Gasteiger partial charge in [0.1, 0.15) is 0 Å². The van der Waals surface area contributed by atoms with Crippen LogP contribution in [0.3, 0.4) is 0 Å². The molecule has 0 saturated carbocycles. The van der Waals surface area contributed by atoms with Crippen LogP contribution in [0.4, 0.5) is 5.69 Å². The molecule has 6 nitrogen and oxygen atoms in total. The summed E-state index contributed by atoms with van der Waals surface area (Å²) in [6.07, 6.45) is 2.47. The normalized spacial score (nSPS) is 9.88. The topological polar surface area (TPSA) is 93.2 Å². The van der Waals surface area contributed by atoms with Gasteiger partial charge in [-0.1, -0.05) is 0 Å². The molecule has 1 rings (SSSR count). The minimum absolute atomic E-state index is 0.156. The van der Waals surface area contributed by atoms with Crippen molar-refractivity contribution < 1.29 is 14.5 Å². The number of carbonyl (C=O) groups excluding carboxylic acids is 1. The fourth-order valence-electron chi connectivity index (χ4n) is 1.13. The van der Waals surface area contributed by atoms with Gasteiger partial charge in [-0.2, -0.15) is 5.26 Å². The second kappa shape index (κ2) is 5.42. The number of nitro benzene ring substituents is 1. The van der Waals surface area contributed by atoms with Crippen molar-refractivity contribution in [2.24, 2.45) is 0 Å². The number of esters is 1. The Balaban J connectivity index is 3.12. The molecule has 0 fully saturated rings. The first-order valence-corrected chi connectivity index (χ1v) is 4.52. The Morgan fingerprint density at radius 1 is 1.53 bits per heavy atom. The van der Waals surface area contributed by atoms with Crippen molar-refractivity contribution in [3.63, 3.8) is 0 Å². The molecule has 0 unspecified atom stereocenters. The zero-order valence-electron chi connectivity index (χ0n) is 8.91. The van der Waals surface area contributed by atoms with E-state index < -0.39 is 10.9 Å². The van der Waals surface area contributed by atoms with E-state index in [0.29, 0.717) is 5.56 Å². The van der Waals surface area contributed by atoms with Crippen LogP contribution in [0.5, 0.6) is 0 Å². The number of benzene rings is 1. The van der Waals surface area contributed by atoms with Gasteiger partial charge in [-0.15, -0.1) is 0 Å². The van der Waals surface area contributed by atoms with Gasteiger partial charge in [0.05, 0.1) is 23.7 Å². The molecule has 0 saturated heterocycles. The van der Waals surface area contributed by atoms with Crippen LogP contribution in [0.2, 0.25) is 0 Å². The lowest BCUT2D eigenvalue weighted by molar-refractivity contribution is -0.384. The molecule has 0 N–H and O–H groups in total. The van der Waals surface area contributed by atoms with Gasteiger partial charge in [0, 0.05) is 18.2 Å². The number of nitrogens with zero attached hydrogens (tertiary/aromatic N) is 2. The molecule has 0 radical (unpaired) electrons. The molecule has 6 heteroatoms. The van der Waals surface area contributed by atoms with Crippen molar-refractivity contribution in [1.82, 2.24) is 0 Å². The average Bonchev–Trinajstić information content (AvgIpc) is 2.35. The van der Waals surface area contributed by atoms with Crippen LogP contribution in [-0.2, 0) is 9.53 Å². The monoisotopic (exact) mass is 232 g/mol. The molecular formula is C11H8N2O4. The Morgan fingerprint density at radius 2 is 2.24 bits per heavy atom. The molecule has 0 atom stereocenters. The smallest absolute Gasteiger partial charge is 0.330 e. The number of carbonyl (C=O) groups is 1. The third-order valence-electron chi connectivity index (χ3n) is 1.89. The van der Waals surface area contributed by atoms with Crippen LogP contribution in [0, 0.1) is 21.4 Å². The third kappa shape index (κ3) is 3.43. The van der Waals surface area contributed by atoms with Crippen LogP contribution in [-0.4, -0.2) is 18.0 Å². The highest BCUT2D eigenvalue weighted by atomic mass is 16.6. The Labute approximate surface area is 96.9 Å². The van der Waals surface area contributed by atoms with E-state index in [1.807, 2.05) is 6.07 Å². The number of ether oxygens (including phenoxy) is 1. The van der Waals surface area contributed by atoms with Crippen molar-refractivity contribution in [1.29, 1.82) is 5.26 Å². The summed E-state index contributed by atoms with van der Waals surface area (Å²) >= 11 is 0. The average molecular weight is 232 g/mol. The number of methoxy groups -OCH3 is 1. The Bertz CT molecular complexity index is 529. The van der Waals surface area contributed by atoms with Gasteiger partial charge in [-0.3, -0.25) is 10.1 Å². The van der Waals surface area contributed by atoms with E-state index in [-0.39, 0.29) is 11.3 Å². The number of rotatable bonds is 3. The lowest BCUT2D eigenvalue weighted by atomic mass is 10.1. The van der Waals surface area contributed by atoms with Gasteiger partial charge in [0.15, 0.2) is 0 Å². The zero-order chi connectivity index (χ0) is 12.8. The van der Waals surface area contributed by atoms with Gasteiger partial charge < -0.3 is 4.74 Å². The highest BCUT2D eigenvalue weighted by Crippen LogP contribution is 2.17. The molecule has 0 heterocycles. The van der Waals surface area contributed by atoms with Gasteiger partial charge >= 0.3 is 5.97 Å². The molecule has 0 aliphatic rings. The van der Waals surface area contributed by atoms with Crippen LogP contribution >= 0.6 is 0 Å². The molecule has 0 aliphatic heterocycles. The summed E-state index contributed by atoms with van der Waals surface area (Å²) in [5.41, 5.74) is 0.346. The summed E-state index contributed by atoms with van der Waals surface area (Å²) < 4.78 is 4.38. The number of nitriles is 1. The molecule has 1 aromatic rings. The molecule has 86 valence electrons. The van der Waals surface area contributed by atoms with Crippen molar-refractivity contribution in [2.45, 2.75) is 0 Å². The lowest BCUT2D eigenvalue weighted by Crippen LogP contribution is -1.94. The van der Waals surface area contributed by atoms with Crippen LogP contribution in [0.1, 0.15) is 11.1 Å². The largest absolute Gasteiger partial charge is 0.466 e. The van der Waals surface area contributed by atoms with Crippen molar-refractivity contribution >= 4 is 17.7 Å². The standard InChI is InChI=1S/C11H8N2O4/c1-17-11(14)3-2-8-4-9(7-12)6-10(5-8)13(15)16/h2-6H,1H3. The zero-order valence-corrected chi connectivity index (χ0v) is 8.91. The Morgan fingerprint density at radius 3 is 2.76 bits per heavy atom. The van der Waals surface area contributed by atoms with Crippen LogP contribution in [0.15, 0.2) is 24.3 Å². The molecule has 0 spiro atoms. The lowest BCUT2D eigenvalue weighted by Gasteiger charge is -1.96.